The fourth-order valence-corrected chi connectivity index (χ4v) is 2.49. The van der Waals surface area contributed by atoms with E-state index in [1.165, 1.54) is 5.56 Å². The van der Waals surface area contributed by atoms with E-state index in [9.17, 15) is 4.79 Å². The Hall–Kier alpha value is -2.09. The van der Waals surface area contributed by atoms with Crippen molar-refractivity contribution in [2.24, 2.45) is 0 Å². The second kappa shape index (κ2) is 6.38. The summed E-state index contributed by atoms with van der Waals surface area (Å²) in [4.78, 5) is 12.0. The zero-order valence-corrected chi connectivity index (χ0v) is 12.3. The van der Waals surface area contributed by atoms with Crippen LogP contribution in [0.2, 0.25) is 0 Å². The highest BCUT2D eigenvalue weighted by Crippen LogP contribution is 2.28. The first-order valence-corrected chi connectivity index (χ1v) is 7.03. The normalized spacial score (nSPS) is 10.3. The van der Waals surface area contributed by atoms with Gasteiger partial charge < -0.3 is 4.74 Å². The number of benzene rings is 2. The van der Waals surface area contributed by atoms with Crippen molar-refractivity contribution in [1.29, 1.82) is 0 Å². The van der Waals surface area contributed by atoms with Gasteiger partial charge in [0.05, 0.1) is 12.2 Å². The van der Waals surface area contributed by atoms with E-state index in [4.69, 9.17) is 4.74 Å². The van der Waals surface area contributed by atoms with Gasteiger partial charge in [0, 0.05) is 0 Å². The second-order valence-corrected chi connectivity index (χ2v) is 4.76. The zero-order valence-electron chi connectivity index (χ0n) is 12.3. The summed E-state index contributed by atoms with van der Waals surface area (Å²) >= 11 is 0. The predicted molar refractivity (Wildman–Crippen MR) is 81.9 cm³/mol. The molecule has 0 aliphatic rings. The minimum Gasteiger partial charge on any atom is -0.462 e. The molecule has 0 saturated heterocycles. The highest BCUT2D eigenvalue weighted by molar-refractivity contribution is 5.92. The maximum absolute atomic E-state index is 12.0. The van der Waals surface area contributed by atoms with E-state index in [0.29, 0.717) is 12.2 Å². The van der Waals surface area contributed by atoms with Crippen LogP contribution < -0.4 is 0 Å². The molecule has 0 amide bonds. The quantitative estimate of drug-likeness (QED) is 0.768. The molecule has 2 aromatic carbocycles. The molecule has 0 saturated carbocycles. The lowest BCUT2D eigenvalue weighted by molar-refractivity contribution is 0.0526. The largest absolute Gasteiger partial charge is 0.462 e. The molecule has 0 aliphatic carbocycles. The highest BCUT2D eigenvalue weighted by atomic mass is 16.5. The van der Waals surface area contributed by atoms with E-state index < -0.39 is 0 Å². The molecule has 0 aliphatic heterocycles. The SMILES string of the molecule is CCOC(=O)c1cc(C)c(CC)c(-c2ccccc2)c1. The third-order valence-electron chi connectivity index (χ3n) is 3.42. The number of carbonyl (C=O) groups is 1. The summed E-state index contributed by atoms with van der Waals surface area (Å²) in [7, 11) is 0. The molecule has 104 valence electrons. The molecule has 0 aromatic heterocycles. The minimum atomic E-state index is -0.254. The lowest BCUT2D eigenvalue weighted by Gasteiger charge is -2.14. The maximum atomic E-state index is 12.0. The van der Waals surface area contributed by atoms with E-state index in [-0.39, 0.29) is 5.97 Å². The van der Waals surface area contributed by atoms with Gasteiger partial charge in [-0.2, -0.15) is 0 Å². The van der Waals surface area contributed by atoms with Gasteiger partial charge in [-0.05, 0) is 54.7 Å². The third kappa shape index (κ3) is 2.90. The number of rotatable bonds is 4. The molecule has 2 aromatic rings. The lowest BCUT2D eigenvalue weighted by atomic mass is 9.92. The van der Waals surface area contributed by atoms with Gasteiger partial charge in [0.25, 0.3) is 0 Å². The molecule has 20 heavy (non-hydrogen) atoms. The molecule has 0 N–H and O–H groups in total. The van der Waals surface area contributed by atoms with Crippen molar-refractivity contribution in [3.8, 4) is 11.1 Å². The van der Waals surface area contributed by atoms with Crippen LogP contribution in [0.25, 0.3) is 11.1 Å². The molecule has 0 spiro atoms. The molecule has 2 heteroatoms. The van der Waals surface area contributed by atoms with Crippen LogP contribution in [-0.4, -0.2) is 12.6 Å². The average molecular weight is 268 g/mol. The van der Waals surface area contributed by atoms with Crippen LogP contribution in [0.4, 0.5) is 0 Å². The summed E-state index contributed by atoms with van der Waals surface area (Å²) in [5.74, 6) is -0.254. The van der Waals surface area contributed by atoms with Gasteiger partial charge >= 0.3 is 5.97 Å². The van der Waals surface area contributed by atoms with Gasteiger partial charge in [-0.15, -0.1) is 0 Å². The smallest absolute Gasteiger partial charge is 0.338 e. The summed E-state index contributed by atoms with van der Waals surface area (Å²) in [6.45, 7) is 6.41. The number of esters is 1. The summed E-state index contributed by atoms with van der Waals surface area (Å²) in [6, 6.07) is 14.0. The van der Waals surface area contributed by atoms with Crippen molar-refractivity contribution in [2.75, 3.05) is 6.61 Å². The van der Waals surface area contributed by atoms with Gasteiger partial charge in [0.15, 0.2) is 0 Å². The number of hydrogen-bond acceptors (Lipinski definition) is 2. The minimum absolute atomic E-state index is 0.254. The molecule has 2 nitrogen and oxygen atoms in total. The number of aryl methyl sites for hydroxylation is 1. The van der Waals surface area contributed by atoms with E-state index in [1.807, 2.05) is 44.2 Å². The van der Waals surface area contributed by atoms with Gasteiger partial charge in [0.2, 0.25) is 0 Å². The van der Waals surface area contributed by atoms with Gasteiger partial charge in [-0.3, -0.25) is 0 Å². The number of carbonyl (C=O) groups excluding carboxylic acids is 1. The van der Waals surface area contributed by atoms with Crippen molar-refractivity contribution < 1.29 is 9.53 Å². The Kier molecular flexibility index (Phi) is 4.57. The summed E-state index contributed by atoms with van der Waals surface area (Å²) < 4.78 is 5.11. The lowest BCUT2D eigenvalue weighted by Crippen LogP contribution is -2.06. The number of hydrogen-bond donors (Lipinski definition) is 0. The van der Waals surface area contributed by atoms with Crippen LogP contribution >= 0.6 is 0 Å². The summed E-state index contributed by atoms with van der Waals surface area (Å²) in [5, 5.41) is 0. The predicted octanol–water partition coefficient (Wildman–Crippen LogP) is 4.40. The van der Waals surface area contributed by atoms with Crippen molar-refractivity contribution in [1.82, 2.24) is 0 Å². The van der Waals surface area contributed by atoms with Crippen molar-refractivity contribution >= 4 is 5.97 Å². The average Bonchev–Trinajstić information content (AvgIpc) is 2.47. The summed E-state index contributed by atoms with van der Waals surface area (Å²) in [5.41, 5.74) is 5.30. The zero-order chi connectivity index (χ0) is 14.5. The van der Waals surface area contributed by atoms with Crippen LogP contribution in [0.15, 0.2) is 42.5 Å². The second-order valence-electron chi connectivity index (χ2n) is 4.76. The molecule has 0 fully saturated rings. The topological polar surface area (TPSA) is 26.3 Å². The van der Waals surface area contributed by atoms with Crippen LogP contribution in [0.1, 0.15) is 35.3 Å². The molecule has 0 atom stereocenters. The molecule has 0 unspecified atom stereocenters. The van der Waals surface area contributed by atoms with Crippen molar-refractivity contribution in [2.45, 2.75) is 27.2 Å². The van der Waals surface area contributed by atoms with Crippen LogP contribution in [0.3, 0.4) is 0 Å². The fraction of sp³-hybridized carbons (Fsp3) is 0.278. The fourth-order valence-electron chi connectivity index (χ4n) is 2.49. The van der Waals surface area contributed by atoms with Crippen LogP contribution in [-0.2, 0) is 11.2 Å². The molecule has 0 bridgehead atoms. The first kappa shape index (κ1) is 14.3. The number of ether oxygens (including phenoxy) is 1. The Morgan fingerprint density at radius 1 is 1.10 bits per heavy atom. The third-order valence-corrected chi connectivity index (χ3v) is 3.42. The van der Waals surface area contributed by atoms with E-state index >= 15 is 0 Å². The molecule has 0 radical (unpaired) electrons. The van der Waals surface area contributed by atoms with E-state index in [2.05, 4.69) is 19.1 Å². The Balaban J connectivity index is 2.56. The first-order valence-electron chi connectivity index (χ1n) is 7.03. The van der Waals surface area contributed by atoms with E-state index in [0.717, 1.165) is 23.1 Å². The maximum Gasteiger partial charge on any atom is 0.338 e. The highest BCUT2D eigenvalue weighted by Gasteiger charge is 2.13. The van der Waals surface area contributed by atoms with Crippen LogP contribution in [0.5, 0.6) is 0 Å². The molecular weight excluding hydrogens is 248 g/mol. The summed E-state index contributed by atoms with van der Waals surface area (Å²) in [6.07, 6.45) is 0.944. The monoisotopic (exact) mass is 268 g/mol. The van der Waals surface area contributed by atoms with E-state index in [1.54, 1.807) is 0 Å². The first-order chi connectivity index (χ1) is 9.67. The Bertz CT molecular complexity index is 600. The molecule has 0 heterocycles. The van der Waals surface area contributed by atoms with Crippen molar-refractivity contribution in [3.05, 3.63) is 59.2 Å². The van der Waals surface area contributed by atoms with Gasteiger partial charge in [0.1, 0.15) is 0 Å². The van der Waals surface area contributed by atoms with Crippen LogP contribution in [0, 0.1) is 6.92 Å². The molecular formula is C18H20O2. The van der Waals surface area contributed by atoms with Gasteiger partial charge in [-0.25, -0.2) is 4.79 Å². The standard InChI is InChI=1S/C18H20O2/c1-4-16-13(3)11-15(18(19)20-5-2)12-17(16)14-9-7-6-8-10-14/h6-12H,4-5H2,1-3H3. The Labute approximate surface area is 120 Å². The van der Waals surface area contributed by atoms with Crippen molar-refractivity contribution in [3.63, 3.8) is 0 Å². The van der Waals surface area contributed by atoms with Gasteiger partial charge in [-0.1, -0.05) is 37.3 Å². The molecule has 2 rings (SSSR count). The Morgan fingerprint density at radius 2 is 1.80 bits per heavy atom. The Morgan fingerprint density at radius 3 is 2.40 bits per heavy atom.